The fourth-order valence-electron chi connectivity index (χ4n) is 2.36. The fourth-order valence-corrected chi connectivity index (χ4v) is 3.84. The molecule has 0 atom stereocenters. The van der Waals surface area contributed by atoms with Crippen molar-refractivity contribution in [2.75, 3.05) is 18.6 Å². The second-order valence-electron chi connectivity index (χ2n) is 5.10. The topological polar surface area (TPSA) is 46.6 Å². The van der Waals surface area contributed by atoms with Crippen LogP contribution in [-0.4, -0.2) is 25.5 Å². The van der Waals surface area contributed by atoms with Gasteiger partial charge >= 0.3 is 5.97 Å². The van der Waals surface area contributed by atoms with E-state index in [4.69, 9.17) is 4.74 Å². The van der Waals surface area contributed by atoms with Crippen molar-refractivity contribution in [1.29, 1.82) is 0 Å². The minimum atomic E-state index is -0.452. The lowest BCUT2D eigenvalue weighted by molar-refractivity contribution is -0.139. The summed E-state index contributed by atoms with van der Waals surface area (Å²) < 4.78 is 5.66. The lowest BCUT2D eigenvalue weighted by Gasteiger charge is -2.29. The zero-order chi connectivity index (χ0) is 17.1. The fraction of sp³-hybridized carbons (Fsp3) is 0.111. The van der Waals surface area contributed by atoms with E-state index in [-0.39, 0.29) is 12.5 Å². The molecule has 0 aliphatic carbocycles. The number of carbonyl (C=O) groups is 2. The zero-order valence-electron chi connectivity index (χ0n) is 12.9. The number of rotatable bonds is 3. The second-order valence-corrected chi connectivity index (χ2v) is 7.10. The number of carbonyl (C=O) groups excluding carboxylic acids is 2. The van der Waals surface area contributed by atoms with Crippen LogP contribution < -0.4 is 4.90 Å². The molecule has 0 fully saturated rings. The SMILES string of the molecule is COC(=O)CN1C(=O)C(=Cc2cccc(Br)c2)Sc2ccccc21. The monoisotopic (exact) mass is 403 g/mol. The van der Waals surface area contributed by atoms with E-state index in [0.29, 0.717) is 4.91 Å². The number of amides is 1. The Balaban J connectivity index is 2.01. The van der Waals surface area contributed by atoms with E-state index >= 15 is 0 Å². The van der Waals surface area contributed by atoms with Gasteiger partial charge in [0, 0.05) is 9.37 Å². The maximum Gasteiger partial charge on any atom is 0.325 e. The van der Waals surface area contributed by atoms with Gasteiger partial charge in [-0.3, -0.25) is 14.5 Å². The van der Waals surface area contributed by atoms with Gasteiger partial charge in [0.05, 0.1) is 17.7 Å². The molecule has 0 radical (unpaired) electrons. The summed E-state index contributed by atoms with van der Waals surface area (Å²) in [5.41, 5.74) is 1.64. The zero-order valence-corrected chi connectivity index (χ0v) is 15.3. The van der Waals surface area contributed by atoms with E-state index in [9.17, 15) is 9.59 Å². The first-order valence-electron chi connectivity index (χ1n) is 7.21. The van der Waals surface area contributed by atoms with Crippen molar-refractivity contribution in [3.8, 4) is 0 Å². The molecule has 0 spiro atoms. The highest BCUT2D eigenvalue weighted by Crippen LogP contribution is 2.42. The highest BCUT2D eigenvalue weighted by molar-refractivity contribution is 9.10. The number of esters is 1. The van der Waals surface area contributed by atoms with Crippen LogP contribution in [0.25, 0.3) is 6.08 Å². The maximum absolute atomic E-state index is 12.8. The quantitative estimate of drug-likeness (QED) is 0.571. The molecular weight excluding hydrogens is 390 g/mol. The number of ether oxygens (including phenoxy) is 1. The molecule has 0 unspecified atom stereocenters. The minimum absolute atomic E-state index is 0.108. The summed E-state index contributed by atoms with van der Waals surface area (Å²) in [6.45, 7) is -0.108. The van der Waals surface area contributed by atoms with E-state index in [2.05, 4.69) is 15.9 Å². The van der Waals surface area contributed by atoms with Gasteiger partial charge in [-0.2, -0.15) is 0 Å². The summed E-state index contributed by atoms with van der Waals surface area (Å²) in [7, 11) is 1.32. The van der Waals surface area contributed by atoms with Gasteiger partial charge in [0.25, 0.3) is 5.91 Å². The third-order valence-corrected chi connectivity index (χ3v) is 5.06. The van der Waals surface area contributed by atoms with E-state index in [0.717, 1.165) is 20.6 Å². The molecule has 0 saturated heterocycles. The van der Waals surface area contributed by atoms with Crippen LogP contribution in [0.4, 0.5) is 5.69 Å². The average Bonchev–Trinajstić information content (AvgIpc) is 2.58. The minimum Gasteiger partial charge on any atom is -0.468 e. The molecule has 0 aromatic heterocycles. The third-order valence-electron chi connectivity index (χ3n) is 3.49. The number of fused-ring (bicyclic) bond motifs is 1. The van der Waals surface area contributed by atoms with Crippen LogP contribution in [0.1, 0.15) is 5.56 Å². The highest BCUT2D eigenvalue weighted by atomic mass is 79.9. The lowest BCUT2D eigenvalue weighted by Crippen LogP contribution is -2.38. The predicted molar refractivity (Wildman–Crippen MR) is 98.8 cm³/mol. The molecule has 2 aromatic rings. The van der Waals surface area contributed by atoms with E-state index < -0.39 is 5.97 Å². The highest BCUT2D eigenvalue weighted by Gasteiger charge is 2.30. The molecule has 0 saturated carbocycles. The first-order valence-corrected chi connectivity index (χ1v) is 8.82. The molecule has 24 heavy (non-hydrogen) atoms. The maximum atomic E-state index is 12.8. The summed E-state index contributed by atoms with van der Waals surface area (Å²) in [5.74, 6) is -0.657. The van der Waals surface area contributed by atoms with Crippen LogP contribution in [0.5, 0.6) is 0 Å². The molecular formula is C18H14BrNO3S. The smallest absolute Gasteiger partial charge is 0.325 e. The number of anilines is 1. The van der Waals surface area contributed by atoms with Crippen molar-refractivity contribution >= 4 is 51.3 Å². The number of halogens is 1. The second kappa shape index (κ2) is 7.23. The Kier molecular flexibility index (Phi) is 5.06. The molecule has 6 heteroatoms. The van der Waals surface area contributed by atoms with Crippen LogP contribution >= 0.6 is 27.7 Å². The van der Waals surface area contributed by atoms with Crippen molar-refractivity contribution in [2.45, 2.75) is 4.90 Å². The molecule has 2 aromatic carbocycles. The van der Waals surface area contributed by atoms with Gasteiger partial charge in [-0.05, 0) is 35.9 Å². The first kappa shape index (κ1) is 16.8. The lowest BCUT2D eigenvalue weighted by atomic mass is 10.2. The molecule has 1 aliphatic rings. The molecule has 1 amide bonds. The van der Waals surface area contributed by atoms with E-state index in [1.807, 2.05) is 54.6 Å². The number of para-hydroxylation sites is 1. The third kappa shape index (κ3) is 3.55. The summed E-state index contributed by atoms with van der Waals surface area (Å²) in [5, 5.41) is 0. The van der Waals surface area contributed by atoms with Gasteiger partial charge in [0.15, 0.2) is 0 Å². The largest absolute Gasteiger partial charge is 0.468 e. The normalized spacial score (nSPS) is 15.3. The van der Waals surface area contributed by atoms with E-state index in [1.165, 1.54) is 23.8 Å². The van der Waals surface area contributed by atoms with Gasteiger partial charge in [0.2, 0.25) is 0 Å². The molecule has 4 nitrogen and oxygen atoms in total. The van der Waals surface area contributed by atoms with Gasteiger partial charge in [0.1, 0.15) is 6.54 Å². The van der Waals surface area contributed by atoms with Crippen LogP contribution in [0.3, 0.4) is 0 Å². The predicted octanol–water partition coefficient (Wildman–Crippen LogP) is 4.10. The van der Waals surface area contributed by atoms with Crippen molar-refractivity contribution in [1.82, 2.24) is 0 Å². The number of thioether (sulfide) groups is 1. The van der Waals surface area contributed by atoms with Crippen LogP contribution in [0, 0.1) is 0 Å². The summed E-state index contributed by atoms with van der Waals surface area (Å²) >= 11 is 4.84. The van der Waals surface area contributed by atoms with Crippen molar-refractivity contribution < 1.29 is 14.3 Å². The van der Waals surface area contributed by atoms with Crippen LogP contribution in [-0.2, 0) is 14.3 Å². The summed E-state index contributed by atoms with van der Waals surface area (Å²) in [6, 6.07) is 15.2. The van der Waals surface area contributed by atoms with Crippen molar-refractivity contribution in [3.05, 3.63) is 63.5 Å². The Hall–Kier alpha value is -2.05. The van der Waals surface area contributed by atoms with Crippen LogP contribution in [0.15, 0.2) is 62.8 Å². The molecule has 3 rings (SSSR count). The Bertz CT molecular complexity index is 835. The van der Waals surface area contributed by atoms with Gasteiger partial charge in [-0.1, -0.05) is 52.0 Å². The molecule has 0 N–H and O–H groups in total. The standard InChI is InChI=1S/C18H14BrNO3S/c1-23-17(21)11-20-14-7-2-3-8-15(14)24-16(18(20)22)10-12-5-4-6-13(19)9-12/h2-10H,11H2,1H3. The molecule has 1 heterocycles. The Morgan fingerprint density at radius 1 is 1.25 bits per heavy atom. The van der Waals surface area contributed by atoms with Crippen LogP contribution in [0.2, 0.25) is 0 Å². The number of benzene rings is 2. The van der Waals surface area contributed by atoms with Crippen molar-refractivity contribution in [2.24, 2.45) is 0 Å². The molecule has 1 aliphatic heterocycles. The number of hydrogen-bond donors (Lipinski definition) is 0. The van der Waals surface area contributed by atoms with Crippen molar-refractivity contribution in [3.63, 3.8) is 0 Å². The summed E-state index contributed by atoms with van der Waals surface area (Å²) in [6.07, 6.45) is 1.83. The van der Waals surface area contributed by atoms with Gasteiger partial charge in [-0.25, -0.2) is 0 Å². The number of hydrogen-bond acceptors (Lipinski definition) is 4. The average molecular weight is 404 g/mol. The molecule has 0 bridgehead atoms. The number of nitrogens with zero attached hydrogens (tertiary/aromatic N) is 1. The molecule has 122 valence electrons. The Morgan fingerprint density at radius 2 is 2.04 bits per heavy atom. The Morgan fingerprint density at radius 3 is 2.79 bits per heavy atom. The first-order chi connectivity index (χ1) is 11.6. The summed E-state index contributed by atoms with van der Waals surface area (Å²) in [4.78, 5) is 27.5. The van der Waals surface area contributed by atoms with Gasteiger partial charge in [-0.15, -0.1) is 0 Å². The van der Waals surface area contributed by atoms with Gasteiger partial charge < -0.3 is 4.74 Å². The van der Waals surface area contributed by atoms with E-state index in [1.54, 1.807) is 0 Å². The Labute approximate surface area is 152 Å². The number of methoxy groups -OCH3 is 1.